The number of ether oxygens (including phenoxy) is 2. The molecular formula is C29H37F3O3. The molecular weight excluding hydrogens is 453 g/mol. The van der Waals surface area contributed by atoms with Crippen LogP contribution in [-0.4, -0.2) is 18.2 Å². The molecule has 0 bridgehead atoms. The summed E-state index contributed by atoms with van der Waals surface area (Å²) in [7, 11) is 0. The molecule has 0 spiro atoms. The highest BCUT2D eigenvalue weighted by atomic mass is 19.4. The quantitative estimate of drug-likeness (QED) is 0.116. The Bertz CT molecular complexity index is 954. The molecule has 0 aromatic heterocycles. The molecule has 3 rings (SSSR count). The molecule has 2 atom stereocenters. The van der Waals surface area contributed by atoms with Gasteiger partial charge >= 0.3 is 12.1 Å². The van der Waals surface area contributed by atoms with Crippen molar-refractivity contribution in [2.45, 2.75) is 103 Å². The van der Waals surface area contributed by atoms with Crippen molar-refractivity contribution in [3.8, 4) is 5.75 Å². The minimum Gasteiger partial charge on any atom is -0.424 e. The third-order valence-corrected chi connectivity index (χ3v) is 6.53. The van der Waals surface area contributed by atoms with Gasteiger partial charge in [0.05, 0.1) is 0 Å². The molecule has 0 unspecified atom stereocenters. The Kier molecular flexibility index (Phi) is 10.2. The predicted octanol–water partition coefficient (Wildman–Crippen LogP) is 8.35. The molecule has 192 valence electrons. The van der Waals surface area contributed by atoms with Gasteiger partial charge < -0.3 is 9.47 Å². The lowest BCUT2D eigenvalue weighted by Crippen LogP contribution is -2.16. The number of aryl methyl sites for hydroxylation is 3. The maximum Gasteiger partial charge on any atom is 0.389 e. The van der Waals surface area contributed by atoms with E-state index in [1.807, 2.05) is 50.2 Å². The summed E-state index contributed by atoms with van der Waals surface area (Å²) in [6, 6.07) is 13.9. The molecule has 1 aliphatic rings. The molecule has 2 aromatic rings. The van der Waals surface area contributed by atoms with Crippen molar-refractivity contribution >= 4 is 5.97 Å². The summed E-state index contributed by atoms with van der Waals surface area (Å²) in [4.78, 5) is 12.6. The second-order valence-corrected chi connectivity index (χ2v) is 9.66. The number of hydrogen-bond acceptors (Lipinski definition) is 3. The molecule has 6 heteroatoms. The zero-order valence-corrected chi connectivity index (χ0v) is 20.8. The fraction of sp³-hybridized carbons (Fsp3) is 0.552. The van der Waals surface area contributed by atoms with Gasteiger partial charge in [-0.3, -0.25) is 0 Å². The zero-order valence-electron chi connectivity index (χ0n) is 20.8. The second-order valence-electron chi connectivity index (χ2n) is 9.66. The number of halogens is 3. The molecule has 1 fully saturated rings. The molecule has 0 N–H and O–H groups in total. The Morgan fingerprint density at radius 1 is 0.886 bits per heavy atom. The molecule has 3 nitrogen and oxygen atoms in total. The van der Waals surface area contributed by atoms with Crippen LogP contribution in [0.4, 0.5) is 13.2 Å². The minimum absolute atomic E-state index is 0.248. The van der Waals surface area contributed by atoms with E-state index in [4.69, 9.17) is 9.47 Å². The summed E-state index contributed by atoms with van der Waals surface area (Å²) in [6.45, 7) is 3.93. The van der Waals surface area contributed by atoms with Crippen LogP contribution in [-0.2, 0) is 16.0 Å². The van der Waals surface area contributed by atoms with Gasteiger partial charge in [0, 0.05) is 6.42 Å². The standard InChI is InChI=1S/C29H37F3O3/c1-21-17-18-25(22(2)20-21)34-28(33)27-26(35-27)24-16-12-11-15-23(24)14-10-8-6-4-3-5-7-9-13-19-29(30,31)32/h11-12,15-18,20,26-27H,3-10,13-14,19H2,1-2H3/t26-,27+/m0/s1. The summed E-state index contributed by atoms with van der Waals surface area (Å²) in [5, 5.41) is 0. The second kappa shape index (κ2) is 13.1. The van der Waals surface area contributed by atoms with Crippen LogP contribution >= 0.6 is 0 Å². The molecule has 1 aliphatic heterocycles. The van der Waals surface area contributed by atoms with Crippen molar-refractivity contribution in [3.63, 3.8) is 0 Å². The summed E-state index contributed by atoms with van der Waals surface area (Å²) in [5.74, 6) is 0.222. The number of carbonyl (C=O) groups excluding carboxylic acids is 1. The summed E-state index contributed by atoms with van der Waals surface area (Å²) in [6.07, 6.45) is 3.79. The average molecular weight is 491 g/mol. The number of rotatable bonds is 14. The number of hydrogen-bond donors (Lipinski definition) is 0. The Morgan fingerprint density at radius 3 is 2.17 bits per heavy atom. The monoisotopic (exact) mass is 490 g/mol. The number of carbonyl (C=O) groups is 1. The Balaban J connectivity index is 1.33. The molecule has 1 saturated heterocycles. The number of unbranched alkanes of at least 4 members (excludes halogenated alkanes) is 8. The van der Waals surface area contributed by atoms with Gasteiger partial charge in [0.1, 0.15) is 11.9 Å². The van der Waals surface area contributed by atoms with Gasteiger partial charge in [-0.25, -0.2) is 4.79 Å². The molecule has 0 aliphatic carbocycles. The maximum absolute atomic E-state index is 12.6. The highest BCUT2D eigenvalue weighted by Crippen LogP contribution is 2.41. The first-order chi connectivity index (χ1) is 16.7. The number of alkyl halides is 3. The van der Waals surface area contributed by atoms with Crippen LogP contribution in [0.3, 0.4) is 0 Å². The van der Waals surface area contributed by atoms with Crippen LogP contribution in [0.15, 0.2) is 42.5 Å². The van der Waals surface area contributed by atoms with Crippen LogP contribution in [0.2, 0.25) is 0 Å². The van der Waals surface area contributed by atoms with E-state index in [-0.39, 0.29) is 18.5 Å². The molecule has 0 radical (unpaired) electrons. The zero-order chi connectivity index (χ0) is 25.3. The lowest BCUT2D eigenvalue weighted by Gasteiger charge is -2.09. The van der Waals surface area contributed by atoms with E-state index in [2.05, 4.69) is 6.07 Å². The van der Waals surface area contributed by atoms with Gasteiger partial charge in [0.2, 0.25) is 0 Å². The maximum atomic E-state index is 12.6. The van der Waals surface area contributed by atoms with Crippen LogP contribution in [0.25, 0.3) is 0 Å². The van der Waals surface area contributed by atoms with Crippen molar-refractivity contribution in [2.24, 2.45) is 0 Å². The lowest BCUT2D eigenvalue weighted by atomic mass is 9.97. The van der Waals surface area contributed by atoms with Crippen molar-refractivity contribution < 1.29 is 27.4 Å². The largest absolute Gasteiger partial charge is 0.424 e. The fourth-order valence-corrected chi connectivity index (χ4v) is 4.53. The van der Waals surface area contributed by atoms with Crippen LogP contribution < -0.4 is 4.74 Å². The number of epoxide rings is 1. The predicted molar refractivity (Wildman–Crippen MR) is 132 cm³/mol. The minimum atomic E-state index is -4.02. The fourth-order valence-electron chi connectivity index (χ4n) is 4.53. The molecule has 0 amide bonds. The van der Waals surface area contributed by atoms with E-state index in [1.54, 1.807) is 0 Å². The van der Waals surface area contributed by atoms with Gasteiger partial charge in [0.15, 0.2) is 6.10 Å². The van der Waals surface area contributed by atoms with Gasteiger partial charge in [0.25, 0.3) is 0 Å². The summed E-state index contributed by atoms with van der Waals surface area (Å²) >= 11 is 0. The van der Waals surface area contributed by atoms with E-state index >= 15 is 0 Å². The lowest BCUT2D eigenvalue weighted by molar-refractivity contribution is -0.136. The SMILES string of the molecule is Cc1ccc(OC(=O)[C@@H]2O[C@H]2c2ccccc2CCCCCCCCCCCC(F)(F)F)c(C)c1. The van der Waals surface area contributed by atoms with E-state index in [9.17, 15) is 18.0 Å². The van der Waals surface area contributed by atoms with E-state index in [0.29, 0.717) is 12.2 Å². The Labute approximate surface area is 207 Å². The van der Waals surface area contributed by atoms with Crippen LogP contribution in [0.5, 0.6) is 5.75 Å². The molecule has 2 aromatic carbocycles. The Morgan fingerprint density at radius 2 is 1.51 bits per heavy atom. The first-order valence-electron chi connectivity index (χ1n) is 12.8. The third-order valence-electron chi connectivity index (χ3n) is 6.53. The topological polar surface area (TPSA) is 38.8 Å². The van der Waals surface area contributed by atoms with Gasteiger partial charge in [-0.1, -0.05) is 86.9 Å². The average Bonchev–Trinajstić information content (AvgIpc) is 3.60. The van der Waals surface area contributed by atoms with Crippen molar-refractivity contribution in [3.05, 3.63) is 64.7 Å². The van der Waals surface area contributed by atoms with Crippen molar-refractivity contribution in [1.29, 1.82) is 0 Å². The highest BCUT2D eigenvalue weighted by molar-refractivity contribution is 5.81. The van der Waals surface area contributed by atoms with Gasteiger partial charge in [-0.05, 0) is 55.9 Å². The van der Waals surface area contributed by atoms with Crippen molar-refractivity contribution in [1.82, 2.24) is 0 Å². The first-order valence-corrected chi connectivity index (χ1v) is 12.8. The molecule has 0 saturated carbocycles. The van der Waals surface area contributed by atoms with E-state index < -0.39 is 18.7 Å². The van der Waals surface area contributed by atoms with Crippen LogP contribution in [0.1, 0.15) is 92.6 Å². The van der Waals surface area contributed by atoms with E-state index in [1.165, 1.54) is 5.56 Å². The number of benzene rings is 2. The van der Waals surface area contributed by atoms with Gasteiger partial charge in [-0.2, -0.15) is 13.2 Å². The van der Waals surface area contributed by atoms with E-state index in [0.717, 1.165) is 68.1 Å². The molecule has 1 heterocycles. The first kappa shape index (κ1) is 27.3. The summed E-state index contributed by atoms with van der Waals surface area (Å²) in [5.41, 5.74) is 4.33. The summed E-state index contributed by atoms with van der Waals surface area (Å²) < 4.78 is 47.7. The highest BCUT2D eigenvalue weighted by Gasteiger charge is 2.48. The van der Waals surface area contributed by atoms with Gasteiger partial charge in [-0.15, -0.1) is 0 Å². The van der Waals surface area contributed by atoms with Crippen LogP contribution in [0, 0.1) is 13.8 Å². The third kappa shape index (κ3) is 9.32. The Hall–Kier alpha value is -2.34. The normalized spacial score (nSPS) is 17.4. The number of esters is 1. The molecule has 35 heavy (non-hydrogen) atoms. The van der Waals surface area contributed by atoms with Crippen molar-refractivity contribution in [2.75, 3.05) is 0 Å². The smallest absolute Gasteiger partial charge is 0.389 e.